The molecule has 0 aliphatic rings. The Morgan fingerprint density at radius 2 is 2.06 bits per heavy atom. The second kappa shape index (κ2) is 5.02. The van der Waals surface area contributed by atoms with Gasteiger partial charge in [0.25, 0.3) is 0 Å². The number of nitrogens with one attached hydrogen (secondary N) is 1. The van der Waals surface area contributed by atoms with Crippen LogP contribution in [0.5, 0.6) is 0 Å². The Labute approximate surface area is 105 Å². The van der Waals surface area contributed by atoms with Crippen molar-refractivity contribution in [3.05, 3.63) is 29.0 Å². The van der Waals surface area contributed by atoms with Crippen LogP contribution in [-0.4, -0.2) is 11.9 Å². The van der Waals surface area contributed by atoms with E-state index >= 15 is 0 Å². The highest BCUT2D eigenvalue weighted by molar-refractivity contribution is 6.33. The number of hydrogen-bond donors (Lipinski definition) is 2. The molecule has 0 saturated carbocycles. The van der Waals surface area contributed by atoms with Gasteiger partial charge in [-0.3, -0.25) is 4.79 Å². The molecule has 0 aliphatic heterocycles. The molecule has 1 amide bonds. The van der Waals surface area contributed by atoms with Gasteiger partial charge in [-0.25, -0.2) is 4.39 Å². The third-order valence-electron chi connectivity index (χ3n) is 2.40. The number of hydrogen-bond acceptors (Lipinski definition) is 2. The van der Waals surface area contributed by atoms with Gasteiger partial charge in [-0.15, -0.1) is 0 Å². The summed E-state index contributed by atoms with van der Waals surface area (Å²) in [5, 5.41) is 2.73. The normalized spacial score (nSPS) is 13.3. The van der Waals surface area contributed by atoms with Gasteiger partial charge in [0.1, 0.15) is 5.82 Å². The predicted molar refractivity (Wildman–Crippen MR) is 67.5 cm³/mol. The van der Waals surface area contributed by atoms with Crippen molar-refractivity contribution in [3.8, 4) is 0 Å². The Morgan fingerprint density at radius 3 is 2.53 bits per heavy atom. The van der Waals surface area contributed by atoms with Crippen LogP contribution in [0.2, 0.25) is 5.02 Å². The molecule has 3 N–H and O–H groups in total. The van der Waals surface area contributed by atoms with E-state index in [9.17, 15) is 9.18 Å². The summed E-state index contributed by atoms with van der Waals surface area (Å²) in [4.78, 5) is 11.8. The molecule has 1 aromatic carbocycles. The maximum atomic E-state index is 12.8. The lowest BCUT2D eigenvalue weighted by molar-refractivity contribution is -0.119. The van der Waals surface area contributed by atoms with Crippen LogP contribution in [0, 0.1) is 11.2 Å². The van der Waals surface area contributed by atoms with E-state index in [1.165, 1.54) is 12.1 Å². The molecule has 3 nitrogen and oxygen atoms in total. The topological polar surface area (TPSA) is 55.1 Å². The van der Waals surface area contributed by atoms with Gasteiger partial charge >= 0.3 is 0 Å². The van der Waals surface area contributed by atoms with Gasteiger partial charge in [0.05, 0.1) is 16.8 Å². The van der Waals surface area contributed by atoms with Gasteiger partial charge in [-0.1, -0.05) is 32.4 Å². The minimum Gasteiger partial charge on any atom is -0.323 e. The summed E-state index contributed by atoms with van der Waals surface area (Å²) in [7, 11) is 0. The van der Waals surface area contributed by atoms with E-state index < -0.39 is 11.9 Å². The van der Waals surface area contributed by atoms with Crippen LogP contribution in [-0.2, 0) is 4.79 Å². The highest BCUT2D eigenvalue weighted by Crippen LogP contribution is 2.24. The fourth-order valence-electron chi connectivity index (χ4n) is 1.19. The van der Waals surface area contributed by atoms with Gasteiger partial charge in [0.2, 0.25) is 5.91 Å². The van der Waals surface area contributed by atoms with Crippen LogP contribution >= 0.6 is 11.6 Å². The SMILES string of the molecule is CC(C)(C)C(N)C(=O)Nc1ccc(F)cc1Cl. The van der Waals surface area contributed by atoms with E-state index in [4.69, 9.17) is 17.3 Å². The second-order valence-electron chi connectivity index (χ2n) is 4.96. The van der Waals surface area contributed by atoms with E-state index in [-0.39, 0.29) is 16.3 Å². The van der Waals surface area contributed by atoms with Gasteiger partial charge in [0, 0.05) is 0 Å². The first kappa shape index (κ1) is 13.9. The number of benzene rings is 1. The molecular weight excluding hydrogens is 243 g/mol. The lowest BCUT2D eigenvalue weighted by Gasteiger charge is -2.25. The fraction of sp³-hybridized carbons (Fsp3) is 0.417. The summed E-state index contributed by atoms with van der Waals surface area (Å²) in [5.41, 5.74) is 5.80. The molecule has 0 fully saturated rings. The molecule has 94 valence electrons. The van der Waals surface area contributed by atoms with Crippen LogP contribution in [0.3, 0.4) is 0 Å². The molecule has 1 atom stereocenters. The maximum Gasteiger partial charge on any atom is 0.241 e. The molecule has 1 unspecified atom stereocenters. The molecule has 0 saturated heterocycles. The van der Waals surface area contributed by atoms with Crippen molar-refractivity contribution in [1.29, 1.82) is 0 Å². The first-order valence-corrected chi connectivity index (χ1v) is 5.61. The number of nitrogens with two attached hydrogens (primary N) is 1. The molecule has 1 rings (SSSR count). The summed E-state index contributed by atoms with van der Waals surface area (Å²) < 4.78 is 12.8. The van der Waals surface area contributed by atoms with Gasteiger partial charge < -0.3 is 11.1 Å². The van der Waals surface area contributed by atoms with Crippen molar-refractivity contribution < 1.29 is 9.18 Å². The molecule has 1 aromatic rings. The molecule has 0 radical (unpaired) electrons. The number of carbonyl (C=O) groups excluding carboxylic acids is 1. The van der Waals surface area contributed by atoms with E-state index in [1.807, 2.05) is 20.8 Å². The van der Waals surface area contributed by atoms with Gasteiger partial charge in [-0.05, 0) is 23.6 Å². The van der Waals surface area contributed by atoms with Gasteiger partial charge in [0.15, 0.2) is 0 Å². The molecular formula is C12H16ClFN2O. The second-order valence-corrected chi connectivity index (χ2v) is 5.36. The van der Waals surface area contributed by atoms with Crippen LogP contribution in [0.1, 0.15) is 20.8 Å². The molecule has 0 aromatic heterocycles. The zero-order valence-electron chi connectivity index (χ0n) is 10.1. The first-order valence-electron chi connectivity index (χ1n) is 5.23. The van der Waals surface area contributed by atoms with Crippen molar-refractivity contribution in [3.63, 3.8) is 0 Å². The van der Waals surface area contributed by atoms with Crippen molar-refractivity contribution >= 4 is 23.2 Å². The Kier molecular flexibility index (Phi) is 4.11. The van der Waals surface area contributed by atoms with Crippen molar-refractivity contribution in [1.82, 2.24) is 0 Å². The Morgan fingerprint density at radius 1 is 1.47 bits per heavy atom. The zero-order valence-corrected chi connectivity index (χ0v) is 10.8. The molecule has 0 heterocycles. The van der Waals surface area contributed by atoms with Gasteiger partial charge in [-0.2, -0.15) is 0 Å². The number of halogens is 2. The Balaban J connectivity index is 2.82. The summed E-state index contributed by atoms with van der Waals surface area (Å²) in [6.45, 7) is 5.59. The maximum absolute atomic E-state index is 12.8. The molecule has 0 aliphatic carbocycles. The third kappa shape index (κ3) is 3.68. The highest BCUT2D eigenvalue weighted by Gasteiger charge is 2.27. The number of anilines is 1. The van der Waals surface area contributed by atoms with Crippen molar-refractivity contribution in [2.45, 2.75) is 26.8 Å². The molecule has 17 heavy (non-hydrogen) atoms. The number of carbonyl (C=O) groups is 1. The fourth-order valence-corrected chi connectivity index (χ4v) is 1.41. The largest absolute Gasteiger partial charge is 0.323 e. The van der Waals surface area contributed by atoms with Crippen LogP contribution in [0.15, 0.2) is 18.2 Å². The van der Waals surface area contributed by atoms with E-state index in [0.717, 1.165) is 6.07 Å². The number of rotatable bonds is 2. The monoisotopic (exact) mass is 258 g/mol. The van der Waals surface area contributed by atoms with Crippen LogP contribution < -0.4 is 11.1 Å². The van der Waals surface area contributed by atoms with E-state index in [2.05, 4.69) is 5.32 Å². The van der Waals surface area contributed by atoms with Crippen LogP contribution in [0.25, 0.3) is 0 Å². The lowest BCUT2D eigenvalue weighted by atomic mass is 9.87. The predicted octanol–water partition coefficient (Wildman–Crippen LogP) is 2.79. The summed E-state index contributed by atoms with van der Waals surface area (Å²) in [6, 6.07) is 3.11. The highest BCUT2D eigenvalue weighted by atomic mass is 35.5. The lowest BCUT2D eigenvalue weighted by Crippen LogP contribution is -2.45. The smallest absolute Gasteiger partial charge is 0.241 e. The minimum atomic E-state index is -0.663. The Bertz CT molecular complexity index is 429. The standard InChI is InChI=1S/C12H16ClFN2O/c1-12(2,3)10(15)11(17)16-9-5-4-7(14)6-8(9)13/h4-6,10H,15H2,1-3H3,(H,16,17). The molecule has 0 spiro atoms. The minimum absolute atomic E-state index is 0.152. The average Bonchev–Trinajstić information content (AvgIpc) is 2.19. The summed E-state index contributed by atoms with van der Waals surface area (Å²) >= 11 is 5.80. The summed E-state index contributed by atoms with van der Waals surface area (Å²) in [6.07, 6.45) is 0. The zero-order chi connectivity index (χ0) is 13.2. The van der Waals surface area contributed by atoms with Crippen molar-refractivity contribution in [2.24, 2.45) is 11.1 Å². The third-order valence-corrected chi connectivity index (χ3v) is 2.72. The first-order chi connectivity index (χ1) is 7.71. The number of amides is 1. The quantitative estimate of drug-likeness (QED) is 0.857. The summed E-state index contributed by atoms with van der Waals surface area (Å²) in [5.74, 6) is -0.792. The average molecular weight is 259 g/mol. The van der Waals surface area contributed by atoms with E-state index in [1.54, 1.807) is 0 Å². The van der Waals surface area contributed by atoms with E-state index in [0.29, 0.717) is 5.69 Å². The molecule has 5 heteroatoms. The van der Waals surface area contributed by atoms with Crippen LogP contribution in [0.4, 0.5) is 10.1 Å². The van der Waals surface area contributed by atoms with Crippen molar-refractivity contribution in [2.75, 3.05) is 5.32 Å². The molecule has 0 bridgehead atoms. The Hall–Kier alpha value is -1.13.